The quantitative estimate of drug-likeness (QED) is 0.905. The zero-order chi connectivity index (χ0) is 12.4. The second kappa shape index (κ2) is 5.05. The molecule has 1 N–H and O–H groups in total. The van der Waals surface area contributed by atoms with Crippen LogP contribution in [0.3, 0.4) is 0 Å². The maximum absolute atomic E-state index is 4.45. The largest absolute Gasteiger partial charge is 0.384 e. The summed E-state index contributed by atoms with van der Waals surface area (Å²) in [7, 11) is 0. The Morgan fingerprint density at radius 1 is 1.35 bits per heavy atom. The lowest BCUT2D eigenvalue weighted by Crippen LogP contribution is -2.02. The minimum Gasteiger partial charge on any atom is -0.384 e. The summed E-state index contributed by atoms with van der Waals surface area (Å²) in [5.41, 5.74) is 4.72. The fourth-order valence-corrected chi connectivity index (χ4v) is 2.38. The summed E-state index contributed by atoms with van der Waals surface area (Å²) in [6.07, 6.45) is 2.99. The van der Waals surface area contributed by atoms with E-state index in [9.17, 15) is 0 Å². The van der Waals surface area contributed by atoms with Crippen LogP contribution in [0.1, 0.15) is 24.5 Å². The number of anilines is 1. The molecule has 0 saturated heterocycles. The van der Waals surface area contributed by atoms with Crippen molar-refractivity contribution in [2.45, 2.75) is 27.2 Å². The molecule has 1 heterocycles. The number of fused-ring (bicyclic) bond motifs is 1. The van der Waals surface area contributed by atoms with Crippen molar-refractivity contribution in [3.8, 4) is 0 Å². The lowest BCUT2D eigenvalue weighted by atomic mass is 10.0. The van der Waals surface area contributed by atoms with Crippen molar-refractivity contribution in [2.75, 3.05) is 11.9 Å². The van der Waals surface area contributed by atoms with Crippen LogP contribution < -0.4 is 5.32 Å². The monoisotopic (exact) mass is 292 g/mol. The molecule has 2 aromatic rings. The van der Waals surface area contributed by atoms with Crippen LogP contribution in [-0.4, -0.2) is 11.5 Å². The fraction of sp³-hybridized carbons (Fsp3) is 0.357. The van der Waals surface area contributed by atoms with E-state index in [1.54, 1.807) is 0 Å². The van der Waals surface area contributed by atoms with Crippen LogP contribution in [0.5, 0.6) is 0 Å². The van der Waals surface area contributed by atoms with Crippen LogP contribution in [0.15, 0.2) is 22.8 Å². The summed E-state index contributed by atoms with van der Waals surface area (Å²) in [5.74, 6) is 0. The molecule has 0 spiro atoms. The number of halogens is 1. The second-order valence-corrected chi connectivity index (χ2v) is 5.10. The van der Waals surface area contributed by atoms with Crippen LogP contribution in [0.25, 0.3) is 10.9 Å². The molecule has 1 aromatic heterocycles. The predicted molar refractivity (Wildman–Crippen MR) is 77.7 cm³/mol. The summed E-state index contributed by atoms with van der Waals surface area (Å²) in [4.78, 5) is 4.45. The highest BCUT2D eigenvalue weighted by molar-refractivity contribution is 9.10. The standard InChI is InChI=1S/C14H17BrN2/c1-4-6-16-11-5-7-17-12-8-9(2)14(15)10(3)13(11)12/h5,7-8H,4,6H2,1-3H3,(H,16,17). The molecule has 0 aliphatic heterocycles. The maximum Gasteiger partial charge on any atom is 0.0728 e. The number of aromatic nitrogens is 1. The van der Waals surface area contributed by atoms with Crippen molar-refractivity contribution in [3.63, 3.8) is 0 Å². The van der Waals surface area contributed by atoms with E-state index in [4.69, 9.17) is 0 Å². The Labute approximate surface area is 111 Å². The van der Waals surface area contributed by atoms with Crippen molar-refractivity contribution in [1.82, 2.24) is 4.98 Å². The van der Waals surface area contributed by atoms with E-state index in [0.29, 0.717) is 0 Å². The first-order valence-electron chi connectivity index (χ1n) is 5.93. The van der Waals surface area contributed by atoms with Crippen LogP contribution in [0.2, 0.25) is 0 Å². The van der Waals surface area contributed by atoms with E-state index in [0.717, 1.165) is 18.5 Å². The molecule has 0 aliphatic carbocycles. The van der Waals surface area contributed by atoms with Gasteiger partial charge in [0, 0.05) is 28.3 Å². The Morgan fingerprint density at radius 2 is 2.12 bits per heavy atom. The van der Waals surface area contributed by atoms with Crippen LogP contribution in [-0.2, 0) is 0 Å². The van der Waals surface area contributed by atoms with Gasteiger partial charge in [0.1, 0.15) is 0 Å². The number of aryl methyl sites for hydroxylation is 2. The summed E-state index contributed by atoms with van der Waals surface area (Å²) < 4.78 is 1.18. The van der Waals surface area contributed by atoms with E-state index in [-0.39, 0.29) is 0 Å². The number of hydrogen-bond acceptors (Lipinski definition) is 2. The SMILES string of the molecule is CCCNc1ccnc2cc(C)c(Br)c(C)c12. The first-order valence-corrected chi connectivity index (χ1v) is 6.72. The number of benzene rings is 1. The molecule has 0 atom stereocenters. The second-order valence-electron chi connectivity index (χ2n) is 4.31. The van der Waals surface area contributed by atoms with Crippen molar-refractivity contribution < 1.29 is 0 Å². The van der Waals surface area contributed by atoms with Crippen LogP contribution >= 0.6 is 15.9 Å². The molecule has 1 aromatic carbocycles. The highest BCUT2D eigenvalue weighted by Crippen LogP contribution is 2.32. The predicted octanol–water partition coefficient (Wildman–Crippen LogP) is 4.44. The van der Waals surface area contributed by atoms with Gasteiger partial charge in [-0.25, -0.2) is 0 Å². The summed E-state index contributed by atoms with van der Waals surface area (Å²) in [6.45, 7) is 7.40. The van der Waals surface area contributed by atoms with Crippen molar-refractivity contribution in [1.29, 1.82) is 0 Å². The minimum absolute atomic E-state index is 0.990. The fourth-order valence-electron chi connectivity index (χ4n) is 2.06. The summed E-state index contributed by atoms with van der Waals surface area (Å²) >= 11 is 3.65. The highest BCUT2D eigenvalue weighted by atomic mass is 79.9. The van der Waals surface area contributed by atoms with Gasteiger partial charge < -0.3 is 5.32 Å². The molecule has 2 nitrogen and oxygen atoms in total. The van der Waals surface area contributed by atoms with Gasteiger partial charge in [-0.05, 0) is 43.5 Å². The highest BCUT2D eigenvalue weighted by Gasteiger charge is 2.09. The lowest BCUT2D eigenvalue weighted by Gasteiger charge is -2.13. The third kappa shape index (κ3) is 2.29. The molecule has 2 rings (SSSR count). The van der Waals surface area contributed by atoms with Crippen molar-refractivity contribution >= 4 is 32.5 Å². The number of hydrogen-bond donors (Lipinski definition) is 1. The van der Waals surface area contributed by atoms with Gasteiger partial charge in [-0.3, -0.25) is 4.98 Å². The molecule has 17 heavy (non-hydrogen) atoms. The van der Waals surface area contributed by atoms with Crippen LogP contribution in [0, 0.1) is 13.8 Å². The molecule has 0 aliphatic rings. The average Bonchev–Trinajstić information content (AvgIpc) is 2.33. The van der Waals surface area contributed by atoms with Gasteiger partial charge in [0.05, 0.1) is 5.52 Å². The van der Waals surface area contributed by atoms with E-state index in [1.807, 2.05) is 12.3 Å². The van der Waals surface area contributed by atoms with Crippen LogP contribution in [0.4, 0.5) is 5.69 Å². The number of rotatable bonds is 3. The Bertz CT molecular complexity index is 549. The Morgan fingerprint density at radius 3 is 2.82 bits per heavy atom. The minimum atomic E-state index is 0.990. The Balaban J connectivity index is 2.66. The Kier molecular flexibility index (Phi) is 3.67. The van der Waals surface area contributed by atoms with Gasteiger partial charge in [0.25, 0.3) is 0 Å². The van der Waals surface area contributed by atoms with Crippen molar-refractivity contribution in [3.05, 3.63) is 33.9 Å². The molecule has 0 unspecified atom stereocenters. The zero-order valence-corrected chi connectivity index (χ0v) is 12.1. The zero-order valence-electron chi connectivity index (χ0n) is 10.5. The first-order chi connectivity index (χ1) is 8.15. The topological polar surface area (TPSA) is 24.9 Å². The van der Waals surface area contributed by atoms with E-state index in [1.165, 1.54) is 26.7 Å². The number of nitrogens with one attached hydrogen (secondary N) is 1. The van der Waals surface area contributed by atoms with Gasteiger partial charge >= 0.3 is 0 Å². The molecular formula is C14H17BrN2. The van der Waals surface area contributed by atoms with E-state index in [2.05, 4.69) is 53.1 Å². The lowest BCUT2D eigenvalue weighted by molar-refractivity contribution is 0.981. The van der Waals surface area contributed by atoms with Crippen molar-refractivity contribution in [2.24, 2.45) is 0 Å². The molecule has 0 bridgehead atoms. The Hall–Kier alpha value is -1.09. The average molecular weight is 293 g/mol. The van der Waals surface area contributed by atoms with E-state index < -0.39 is 0 Å². The molecule has 3 heteroatoms. The molecule has 0 amide bonds. The smallest absolute Gasteiger partial charge is 0.0728 e. The van der Waals surface area contributed by atoms with E-state index >= 15 is 0 Å². The van der Waals surface area contributed by atoms with Gasteiger partial charge in [-0.1, -0.05) is 22.9 Å². The van der Waals surface area contributed by atoms with Gasteiger partial charge in [-0.15, -0.1) is 0 Å². The summed E-state index contributed by atoms with van der Waals surface area (Å²) in [6, 6.07) is 4.18. The third-order valence-corrected chi connectivity index (χ3v) is 4.17. The maximum atomic E-state index is 4.45. The number of nitrogens with zero attached hydrogens (tertiary/aromatic N) is 1. The normalized spacial score (nSPS) is 10.8. The van der Waals surface area contributed by atoms with Gasteiger partial charge in [-0.2, -0.15) is 0 Å². The molecule has 0 saturated carbocycles. The number of pyridine rings is 1. The molecule has 90 valence electrons. The summed E-state index contributed by atoms with van der Waals surface area (Å²) in [5, 5.41) is 4.68. The molecule has 0 radical (unpaired) electrons. The molecular weight excluding hydrogens is 276 g/mol. The van der Waals surface area contributed by atoms with Gasteiger partial charge in [0.2, 0.25) is 0 Å². The molecule has 0 fully saturated rings. The third-order valence-electron chi connectivity index (χ3n) is 2.95. The van der Waals surface area contributed by atoms with Gasteiger partial charge in [0.15, 0.2) is 0 Å². The first kappa shape index (κ1) is 12.4.